The molecule has 158 valence electrons. The molecule has 6 heteroatoms. The third-order valence-corrected chi connectivity index (χ3v) is 10.9. The van der Waals surface area contributed by atoms with E-state index < -0.39 is 7.26 Å². The second-order valence-corrected chi connectivity index (χ2v) is 13.2. The molecule has 2 aromatic carbocycles. The average Bonchev–Trinajstić information content (AvgIpc) is 2.69. The summed E-state index contributed by atoms with van der Waals surface area (Å²) in [6.45, 7) is 8.28. The number of halogens is 1. The van der Waals surface area contributed by atoms with E-state index in [1.54, 1.807) is 0 Å². The fraction of sp³-hybridized carbons (Fsp3) is 0.391. The van der Waals surface area contributed by atoms with Gasteiger partial charge in [0.25, 0.3) is 0 Å². The van der Waals surface area contributed by atoms with Gasteiger partial charge in [-0.1, -0.05) is 0 Å². The number of benzene rings is 2. The molecular weight excluding hydrogens is 405 g/mol. The van der Waals surface area contributed by atoms with Gasteiger partial charge >= 0.3 is 179 Å². The molecule has 0 unspecified atom stereocenters. The first kappa shape index (κ1) is 23.4. The topological polar surface area (TPSA) is 55.4 Å². The van der Waals surface area contributed by atoms with Crippen molar-refractivity contribution in [2.75, 3.05) is 30.0 Å². The van der Waals surface area contributed by atoms with E-state index in [4.69, 9.17) is 16.3 Å². The van der Waals surface area contributed by atoms with Crippen LogP contribution < -0.4 is 5.32 Å². The van der Waals surface area contributed by atoms with Crippen molar-refractivity contribution in [3.63, 3.8) is 0 Å². The van der Waals surface area contributed by atoms with Crippen molar-refractivity contribution in [3.05, 3.63) is 64.2 Å². The summed E-state index contributed by atoms with van der Waals surface area (Å²) in [7, 11) is -2.12. The molecule has 0 aromatic heterocycles. The second-order valence-electron chi connectivity index (χ2n) is 7.67. The van der Waals surface area contributed by atoms with Gasteiger partial charge in [-0.2, -0.15) is 0 Å². The summed E-state index contributed by atoms with van der Waals surface area (Å²) in [5.41, 5.74) is 3.64. The first-order valence-electron chi connectivity index (χ1n) is 10.0. The van der Waals surface area contributed by atoms with Crippen LogP contribution in [0.4, 0.5) is 5.69 Å². The van der Waals surface area contributed by atoms with Gasteiger partial charge in [0.05, 0.1) is 0 Å². The van der Waals surface area contributed by atoms with E-state index in [0.29, 0.717) is 17.3 Å². The Morgan fingerprint density at radius 3 is 2.14 bits per heavy atom. The van der Waals surface area contributed by atoms with Gasteiger partial charge in [0, 0.05) is 0 Å². The molecule has 0 spiro atoms. The Balaban J connectivity index is 2.01. The fourth-order valence-corrected chi connectivity index (χ4v) is 6.98. The Hall–Kier alpha value is -1.90. The van der Waals surface area contributed by atoms with Gasteiger partial charge in [0.1, 0.15) is 0 Å². The zero-order valence-corrected chi connectivity index (χ0v) is 19.4. The molecule has 2 rings (SSSR count). The Morgan fingerprint density at radius 2 is 1.59 bits per heavy atom. The van der Waals surface area contributed by atoms with Crippen LogP contribution in [-0.2, 0) is 20.9 Å². The molecule has 0 bridgehead atoms. The predicted molar refractivity (Wildman–Crippen MR) is 125 cm³/mol. The van der Waals surface area contributed by atoms with Crippen LogP contribution in [0.25, 0.3) is 0 Å². The van der Waals surface area contributed by atoms with Crippen molar-refractivity contribution in [2.45, 2.75) is 34.3 Å². The second kappa shape index (κ2) is 10.8. The molecule has 1 amide bonds. The summed E-state index contributed by atoms with van der Waals surface area (Å²) in [6.07, 6.45) is 2.48. The molecule has 0 heterocycles. The molecule has 1 N–H and O–H groups in total. The van der Waals surface area contributed by atoms with Crippen LogP contribution in [0, 0.1) is 13.8 Å². The number of hydrogen-bond acceptors (Lipinski definition) is 3. The van der Waals surface area contributed by atoms with E-state index in [9.17, 15) is 9.59 Å². The van der Waals surface area contributed by atoms with Gasteiger partial charge < -0.3 is 0 Å². The van der Waals surface area contributed by atoms with Crippen molar-refractivity contribution in [2.24, 2.45) is 0 Å². The molecule has 0 aliphatic carbocycles. The first-order valence-corrected chi connectivity index (χ1v) is 13.3. The number of carbonyl (C=O) groups excluding carboxylic acids is 2. The summed E-state index contributed by atoms with van der Waals surface area (Å²) >= 11 is 6.08. The molecule has 0 atom stereocenters. The summed E-state index contributed by atoms with van der Waals surface area (Å²) in [5, 5.41) is 3.70. The van der Waals surface area contributed by atoms with E-state index >= 15 is 0 Å². The predicted octanol–water partition coefficient (Wildman–Crippen LogP) is 5.43. The number of esters is 1. The van der Waals surface area contributed by atoms with E-state index in [1.165, 1.54) is 0 Å². The number of ether oxygens (including phenoxy) is 1. The van der Waals surface area contributed by atoms with Gasteiger partial charge in [-0.15, -0.1) is 0 Å². The third kappa shape index (κ3) is 6.83. The Labute approximate surface area is 179 Å². The van der Waals surface area contributed by atoms with Crippen LogP contribution in [0.2, 0.25) is 5.02 Å². The Bertz CT molecular complexity index is 827. The summed E-state index contributed by atoms with van der Waals surface area (Å²) in [5.74, 6) is -0.249. The normalized spacial score (nSPS) is 11.8. The molecular formula is C23H31ClNO3P. The van der Waals surface area contributed by atoms with Crippen LogP contribution in [0.15, 0.2) is 42.5 Å². The molecule has 0 aliphatic heterocycles. The molecule has 0 saturated heterocycles. The zero-order valence-electron chi connectivity index (χ0n) is 17.7. The molecule has 29 heavy (non-hydrogen) atoms. The number of amides is 1. The van der Waals surface area contributed by atoms with Crippen LogP contribution in [0.5, 0.6) is 0 Å². The van der Waals surface area contributed by atoms with Gasteiger partial charge in [0.2, 0.25) is 0 Å². The molecule has 0 radical (unpaired) electrons. The van der Waals surface area contributed by atoms with Crippen molar-refractivity contribution in [1.29, 1.82) is 0 Å². The van der Waals surface area contributed by atoms with E-state index in [0.717, 1.165) is 34.7 Å². The fourth-order valence-electron chi connectivity index (χ4n) is 3.54. The number of carbonyl (C=O) groups is 2. The van der Waals surface area contributed by atoms with Crippen LogP contribution in [-0.4, -0.2) is 36.5 Å². The molecule has 4 nitrogen and oxygen atoms in total. The summed E-state index contributed by atoms with van der Waals surface area (Å²) in [6, 6.07) is 13.3. The molecule has 0 fully saturated rings. The monoisotopic (exact) mass is 435 g/mol. The van der Waals surface area contributed by atoms with Gasteiger partial charge in [-0.25, -0.2) is 0 Å². The van der Waals surface area contributed by atoms with Crippen LogP contribution >= 0.6 is 18.9 Å². The minimum absolute atomic E-state index is 0.0373. The third-order valence-electron chi connectivity index (χ3n) is 5.56. The number of aryl methyl sites for hydroxylation is 2. The SMILES string of the molecule is CC[PH](CC)(CC(=O)Nc1c(C)cc(Cl)cc1C)CC(=O)OCc1ccccc1. The Morgan fingerprint density at radius 1 is 1.00 bits per heavy atom. The van der Waals surface area contributed by atoms with Crippen molar-refractivity contribution in [3.8, 4) is 0 Å². The van der Waals surface area contributed by atoms with Crippen LogP contribution in [0.3, 0.4) is 0 Å². The maximum atomic E-state index is 12.8. The van der Waals surface area contributed by atoms with Crippen molar-refractivity contribution < 1.29 is 14.3 Å². The number of hydrogen-bond donors (Lipinski definition) is 1. The van der Waals surface area contributed by atoms with Gasteiger partial charge in [-0.05, 0) is 0 Å². The Kier molecular flexibility index (Phi) is 8.67. The number of nitrogens with one attached hydrogen (secondary N) is 1. The van der Waals surface area contributed by atoms with Gasteiger partial charge in [-0.3, -0.25) is 0 Å². The maximum absolute atomic E-state index is 12.8. The van der Waals surface area contributed by atoms with E-state index in [1.807, 2.05) is 56.3 Å². The summed E-state index contributed by atoms with van der Waals surface area (Å²) < 4.78 is 5.49. The van der Waals surface area contributed by atoms with E-state index in [2.05, 4.69) is 19.2 Å². The molecule has 2 aromatic rings. The molecule has 0 saturated carbocycles. The zero-order chi connectivity index (χ0) is 21.4. The quantitative estimate of drug-likeness (QED) is 0.422. The van der Waals surface area contributed by atoms with Crippen molar-refractivity contribution >= 4 is 36.4 Å². The average molecular weight is 436 g/mol. The number of rotatable bonds is 9. The standard InChI is InChI=1S/C23H31ClNO3P/c1-5-29(6-2,16-22(27)28-14-19-10-8-7-9-11-19)15-21(26)25-23-17(3)12-20(24)13-18(23)4/h7-13,29H,5-6,14-16H2,1-4H3,(H,25,26). The summed E-state index contributed by atoms with van der Waals surface area (Å²) in [4.78, 5) is 25.3. The van der Waals surface area contributed by atoms with Crippen molar-refractivity contribution in [1.82, 2.24) is 0 Å². The van der Waals surface area contributed by atoms with Gasteiger partial charge in [0.15, 0.2) is 0 Å². The first-order chi connectivity index (χ1) is 13.8. The van der Waals surface area contributed by atoms with Crippen LogP contribution in [0.1, 0.15) is 30.5 Å². The molecule has 0 aliphatic rings. The number of anilines is 1. The minimum atomic E-state index is -2.12. The van der Waals surface area contributed by atoms with E-state index in [-0.39, 0.29) is 18.5 Å².